The molecular weight excluding hydrogens is 383 g/mol. The van der Waals surface area contributed by atoms with Crippen molar-refractivity contribution in [3.63, 3.8) is 0 Å². The lowest BCUT2D eigenvalue weighted by molar-refractivity contribution is -0.119. The Kier molecular flexibility index (Phi) is 5.84. The van der Waals surface area contributed by atoms with E-state index >= 15 is 0 Å². The largest absolute Gasteiger partial charge is 0.493 e. The lowest BCUT2D eigenvalue weighted by Crippen LogP contribution is -2.35. The first-order valence-corrected chi connectivity index (χ1v) is 10.2. The summed E-state index contributed by atoms with van der Waals surface area (Å²) in [7, 11) is 3.20. The third-order valence-corrected chi connectivity index (χ3v) is 5.67. The van der Waals surface area contributed by atoms with Crippen LogP contribution in [0, 0.1) is 5.82 Å². The maximum Gasteiger partial charge on any atom is 0.226 e. The van der Waals surface area contributed by atoms with Crippen molar-refractivity contribution >= 4 is 22.5 Å². The SMILES string of the molecule is COc1cc2nccc(CCc3ccc(N4CCCCC4=O)cc3F)c2cc1OC. The normalized spacial score (nSPS) is 14.2. The van der Waals surface area contributed by atoms with Gasteiger partial charge in [-0.15, -0.1) is 0 Å². The van der Waals surface area contributed by atoms with E-state index in [-0.39, 0.29) is 11.7 Å². The Bertz CT molecular complexity index is 1080. The fourth-order valence-corrected chi connectivity index (χ4v) is 4.00. The van der Waals surface area contributed by atoms with Crippen LogP contribution in [0.4, 0.5) is 10.1 Å². The standard InChI is InChI=1S/C24H25FN2O3/c1-29-22-14-19-16(10-11-26-21(19)15-23(22)30-2)6-7-17-8-9-18(13-20(17)25)27-12-4-3-5-24(27)28/h8-11,13-15H,3-7,12H2,1-2H3. The van der Waals surface area contributed by atoms with Crippen LogP contribution in [-0.4, -0.2) is 31.7 Å². The Hall–Kier alpha value is -3.15. The number of nitrogens with zero attached hydrogens (tertiary/aromatic N) is 2. The average Bonchev–Trinajstić information content (AvgIpc) is 2.77. The van der Waals surface area contributed by atoms with Crippen LogP contribution in [0.1, 0.15) is 30.4 Å². The Labute approximate surface area is 175 Å². The summed E-state index contributed by atoms with van der Waals surface area (Å²) in [6.45, 7) is 0.659. The molecule has 4 rings (SSSR count). The number of halogens is 1. The van der Waals surface area contributed by atoms with Gasteiger partial charge in [0.25, 0.3) is 0 Å². The van der Waals surface area contributed by atoms with E-state index in [1.54, 1.807) is 31.4 Å². The minimum atomic E-state index is -0.275. The number of anilines is 1. The number of benzene rings is 2. The number of hydrogen-bond acceptors (Lipinski definition) is 4. The van der Waals surface area contributed by atoms with Crippen LogP contribution in [-0.2, 0) is 17.6 Å². The van der Waals surface area contributed by atoms with Gasteiger partial charge in [0.15, 0.2) is 11.5 Å². The van der Waals surface area contributed by atoms with Crippen LogP contribution in [0.2, 0.25) is 0 Å². The molecule has 6 heteroatoms. The predicted molar refractivity (Wildman–Crippen MR) is 115 cm³/mol. The fraction of sp³-hybridized carbons (Fsp3) is 0.333. The van der Waals surface area contributed by atoms with E-state index < -0.39 is 0 Å². The van der Waals surface area contributed by atoms with E-state index in [0.717, 1.165) is 29.3 Å². The number of aromatic nitrogens is 1. The van der Waals surface area contributed by atoms with E-state index in [1.165, 1.54) is 6.07 Å². The van der Waals surface area contributed by atoms with Gasteiger partial charge in [-0.3, -0.25) is 9.78 Å². The van der Waals surface area contributed by atoms with E-state index in [0.29, 0.717) is 48.6 Å². The minimum Gasteiger partial charge on any atom is -0.493 e. The molecule has 0 aliphatic carbocycles. The minimum absolute atomic E-state index is 0.0704. The molecule has 1 amide bonds. The first kappa shape index (κ1) is 20.1. The lowest BCUT2D eigenvalue weighted by Gasteiger charge is -2.27. The van der Waals surface area contributed by atoms with Crippen molar-refractivity contribution in [2.75, 3.05) is 25.7 Å². The summed E-state index contributed by atoms with van der Waals surface area (Å²) in [5.41, 5.74) is 3.15. The van der Waals surface area contributed by atoms with Crippen LogP contribution in [0.3, 0.4) is 0 Å². The van der Waals surface area contributed by atoms with Crippen molar-refractivity contribution in [1.82, 2.24) is 4.98 Å². The van der Waals surface area contributed by atoms with Crippen molar-refractivity contribution < 1.29 is 18.7 Å². The lowest BCUT2D eigenvalue weighted by atomic mass is 10.00. The Morgan fingerprint density at radius 3 is 2.50 bits per heavy atom. The van der Waals surface area contributed by atoms with Crippen molar-refractivity contribution in [3.05, 3.63) is 59.5 Å². The molecule has 3 aromatic rings. The van der Waals surface area contributed by atoms with Crippen LogP contribution >= 0.6 is 0 Å². The highest BCUT2D eigenvalue weighted by Gasteiger charge is 2.20. The molecule has 1 aliphatic heterocycles. The number of piperidine rings is 1. The number of aryl methyl sites for hydroxylation is 2. The van der Waals surface area contributed by atoms with Crippen molar-refractivity contribution in [2.45, 2.75) is 32.1 Å². The topological polar surface area (TPSA) is 51.7 Å². The molecule has 0 unspecified atom stereocenters. The molecule has 2 heterocycles. The number of carbonyl (C=O) groups is 1. The quantitative estimate of drug-likeness (QED) is 0.594. The molecule has 1 saturated heterocycles. The third kappa shape index (κ3) is 3.95. The second-order valence-electron chi connectivity index (χ2n) is 7.47. The van der Waals surface area contributed by atoms with Crippen LogP contribution in [0.5, 0.6) is 11.5 Å². The molecule has 0 N–H and O–H groups in total. The highest BCUT2D eigenvalue weighted by molar-refractivity contribution is 5.94. The number of amides is 1. The number of methoxy groups -OCH3 is 2. The van der Waals surface area contributed by atoms with Gasteiger partial charge in [0.2, 0.25) is 5.91 Å². The zero-order valence-corrected chi connectivity index (χ0v) is 17.3. The summed E-state index contributed by atoms with van der Waals surface area (Å²) in [6.07, 6.45) is 5.36. The zero-order valence-electron chi connectivity index (χ0n) is 17.3. The van der Waals surface area contributed by atoms with Crippen LogP contribution in [0.15, 0.2) is 42.6 Å². The smallest absolute Gasteiger partial charge is 0.226 e. The summed E-state index contributed by atoms with van der Waals surface area (Å²) in [4.78, 5) is 18.2. The summed E-state index contributed by atoms with van der Waals surface area (Å²) < 4.78 is 25.6. The maximum absolute atomic E-state index is 14.8. The van der Waals surface area contributed by atoms with E-state index in [2.05, 4.69) is 4.98 Å². The van der Waals surface area contributed by atoms with Crippen molar-refractivity contribution in [1.29, 1.82) is 0 Å². The molecule has 0 bridgehead atoms. The molecule has 1 aromatic heterocycles. The summed E-state index contributed by atoms with van der Waals surface area (Å²) in [6, 6.07) is 10.8. The second-order valence-corrected chi connectivity index (χ2v) is 7.47. The van der Waals surface area contributed by atoms with Crippen LogP contribution in [0.25, 0.3) is 10.9 Å². The molecule has 30 heavy (non-hydrogen) atoms. The highest BCUT2D eigenvalue weighted by Crippen LogP contribution is 2.33. The molecule has 1 aliphatic rings. The first-order chi connectivity index (χ1) is 14.6. The second kappa shape index (κ2) is 8.69. The molecule has 0 saturated carbocycles. The number of pyridine rings is 1. The number of rotatable bonds is 6. The Morgan fingerprint density at radius 2 is 1.77 bits per heavy atom. The number of hydrogen-bond donors (Lipinski definition) is 0. The molecule has 1 fully saturated rings. The van der Waals surface area contributed by atoms with Crippen molar-refractivity contribution in [3.8, 4) is 11.5 Å². The number of carbonyl (C=O) groups excluding carboxylic acids is 1. The third-order valence-electron chi connectivity index (χ3n) is 5.67. The van der Waals surface area contributed by atoms with Crippen molar-refractivity contribution in [2.24, 2.45) is 0 Å². The van der Waals surface area contributed by atoms with Crippen LogP contribution < -0.4 is 14.4 Å². The molecule has 156 valence electrons. The fourth-order valence-electron chi connectivity index (χ4n) is 4.00. The van der Waals surface area contributed by atoms with Gasteiger partial charge < -0.3 is 14.4 Å². The zero-order chi connectivity index (χ0) is 21.1. The van der Waals surface area contributed by atoms with Gasteiger partial charge in [-0.25, -0.2) is 4.39 Å². The molecule has 0 spiro atoms. The summed E-state index contributed by atoms with van der Waals surface area (Å²) in [5.74, 6) is 1.06. The monoisotopic (exact) mass is 408 g/mol. The van der Waals surface area contributed by atoms with E-state index in [9.17, 15) is 9.18 Å². The summed E-state index contributed by atoms with van der Waals surface area (Å²) in [5, 5.41) is 0.964. The van der Waals surface area contributed by atoms with E-state index in [4.69, 9.17) is 9.47 Å². The maximum atomic E-state index is 14.8. The number of fused-ring (bicyclic) bond motifs is 1. The summed E-state index contributed by atoms with van der Waals surface area (Å²) >= 11 is 0. The highest BCUT2D eigenvalue weighted by atomic mass is 19.1. The van der Waals surface area contributed by atoms with Gasteiger partial charge in [-0.2, -0.15) is 0 Å². The molecule has 0 atom stereocenters. The van der Waals surface area contributed by atoms with Gasteiger partial charge in [0, 0.05) is 36.3 Å². The molecule has 5 nitrogen and oxygen atoms in total. The molecular formula is C24H25FN2O3. The Morgan fingerprint density at radius 1 is 1.00 bits per heavy atom. The number of ether oxygens (including phenoxy) is 2. The van der Waals surface area contributed by atoms with Gasteiger partial charge >= 0.3 is 0 Å². The van der Waals surface area contributed by atoms with E-state index in [1.807, 2.05) is 24.3 Å². The van der Waals surface area contributed by atoms with Gasteiger partial charge in [-0.05, 0) is 61.1 Å². The van der Waals surface area contributed by atoms with Gasteiger partial charge in [0.1, 0.15) is 5.82 Å². The first-order valence-electron chi connectivity index (χ1n) is 10.2. The molecule has 0 radical (unpaired) electrons. The van der Waals surface area contributed by atoms with Gasteiger partial charge in [-0.1, -0.05) is 6.07 Å². The molecule has 2 aromatic carbocycles. The average molecular weight is 408 g/mol. The Balaban J connectivity index is 1.56. The predicted octanol–water partition coefficient (Wildman–Crippen LogP) is 4.69. The van der Waals surface area contributed by atoms with Gasteiger partial charge in [0.05, 0.1) is 19.7 Å².